The Morgan fingerprint density at radius 2 is 2.00 bits per heavy atom. The Kier molecular flexibility index (Phi) is 3.65. The van der Waals surface area contributed by atoms with Gasteiger partial charge in [0.05, 0.1) is 6.04 Å². The van der Waals surface area contributed by atoms with Crippen LogP contribution in [0.3, 0.4) is 0 Å². The lowest BCUT2D eigenvalue weighted by atomic mass is 10.1. The number of aryl methyl sites for hydroxylation is 1. The number of carbonyl (C=O) groups is 1. The summed E-state index contributed by atoms with van der Waals surface area (Å²) in [5.41, 5.74) is 7.83. The molecule has 0 aliphatic carbocycles. The molecule has 0 saturated heterocycles. The molecule has 0 bridgehead atoms. The first-order valence-corrected chi connectivity index (χ1v) is 4.67. The van der Waals surface area contributed by atoms with Gasteiger partial charge in [-0.25, -0.2) is 0 Å². The highest BCUT2D eigenvalue weighted by atomic mass is 16.1. The van der Waals surface area contributed by atoms with Crippen molar-refractivity contribution < 1.29 is 4.79 Å². The molecule has 0 aromatic heterocycles. The fourth-order valence-corrected chi connectivity index (χ4v) is 1.32. The molecule has 1 aromatic carbocycles. The first-order valence-electron chi connectivity index (χ1n) is 4.67. The van der Waals surface area contributed by atoms with E-state index in [2.05, 4.69) is 5.32 Å². The maximum absolute atomic E-state index is 10.9. The Balaban J connectivity index is 2.78. The van der Waals surface area contributed by atoms with Gasteiger partial charge in [0.1, 0.15) is 0 Å². The average Bonchev–Trinajstić information content (AvgIpc) is 2.15. The third kappa shape index (κ3) is 2.85. The van der Waals surface area contributed by atoms with Gasteiger partial charge in [-0.2, -0.15) is 0 Å². The van der Waals surface area contributed by atoms with E-state index in [-0.39, 0.29) is 11.9 Å². The number of benzene rings is 1. The summed E-state index contributed by atoms with van der Waals surface area (Å²) in [6.07, 6.45) is 0. The van der Waals surface area contributed by atoms with Crippen molar-refractivity contribution in [1.29, 1.82) is 0 Å². The van der Waals surface area contributed by atoms with Crippen LogP contribution in [-0.2, 0) is 4.79 Å². The lowest BCUT2D eigenvalue weighted by Gasteiger charge is -2.16. The van der Waals surface area contributed by atoms with E-state index in [1.165, 1.54) is 12.5 Å². The molecule has 76 valence electrons. The molecule has 0 spiro atoms. The van der Waals surface area contributed by atoms with Crippen LogP contribution in [0.15, 0.2) is 24.3 Å². The Labute approximate surface area is 84.3 Å². The first kappa shape index (κ1) is 10.7. The van der Waals surface area contributed by atoms with Gasteiger partial charge < -0.3 is 11.1 Å². The fraction of sp³-hybridized carbons (Fsp3) is 0.364. The molecule has 3 heteroatoms. The molecule has 14 heavy (non-hydrogen) atoms. The van der Waals surface area contributed by atoms with Gasteiger partial charge >= 0.3 is 0 Å². The van der Waals surface area contributed by atoms with Crippen LogP contribution in [0.2, 0.25) is 0 Å². The quantitative estimate of drug-likeness (QED) is 0.754. The normalized spacial score (nSPS) is 12.2. The molecular formula is C11H16N2O. The summed E-state index contributed by atoms with van der Waals surface area (Å²) in [5, 5.41) is 2.80. The van der Waals surface area contributed by atoms with E-state index < -0.39 is 0 Å². The van der Waals surface area contributed by atoms with Crippen LogP contribution in [-0.4, -0.2) is 12.5 Å². The molecular weight excluding hydrogens is 176 g/mol. The van der Waals surface area contributed by atoms with E-state index in [0.29, 0.717) is 6.54 Å². The summed E-state index contributed by atoms with van der Waals surface area (Å²) >= 11 is 0. The van der Waals surface area contributed by atoms with E-state index in [1.807, 2.05) is 31.2 Å². The lowest BCUT2D eigenvalue weighted by Crippen LogP contribution is -2.31. The fourth-order valence-electron chi connectivity index (χ4n) is 1.32. The summed E-state index contributed by atoms with van der Waals surface area (Å²) in [6.45, 7) is 3.94. The van der Waals surface area contributed by atoms with Gasteiger partial charge in [0, 0.05) is 13.5 Å². The minimum atomic E-state index is -0.0758. The number of nitrogens with one attached hydrogen (secondary N) is 1. The van der Waals surface area contributed by atoms with Crippen molar-refractivity contribution in [3.63, 3.8) is 0 Å². The Hall–Kier alpha value is -1.35. The van der Waals surface area contributed by atoms with Crippen LogP contribution in [0.25, 0.3) is 0 Å². The van der Waals surface area contributed by atoms with Crippen molar-refractivity contribution in [2.24, 2.45) is 5.73 Å². The SMILES string of the molecule is CC(=O)NC(CN)c1ccc(C)cc1. The lowest BCUT2D eigenvalue weighted by molar-refractivity contribution is -0.119. The third-order valence-electron chi connectivity index (χ3n) is 2.09. The number of nitrogens with two attached hydrogens (primary N) is 1. The maximum Gasteiger partial charge on any atom is 0.217 e. The average molecular weight is 192 g/mol. The van der Waals surface area contributed by atoms with Crippen molar-refractivity contribution in [3.05, 3.63) is 35.4 Å². The highest BCUT2D eigenvalue weighted by molar-refractivity contribution is 5.73. The minimum Gasteiger partial charge on any atom is -0.348 e. The number of carbonyl (C=O) groups excluding carboxylic acids is 1. The van der Waals surface area contributed by atoms with Crippen molar-refractivity contribution >= 4 is 5.91 Å². The molecule has 3 N–H and O–H groups in total. The zero-order valence-electron chi connectivity index (χ0n) is 8.58. The molecule has 0 saturated carbocycles. The van der Waals surface area contributed by atoms with Crippen LogP contribution in [0, 0.1) is 6.92 Å². The van der Waals surface area contributed by atoms with Crippen molar-refractivity contribution in [2.75, 3.05) is 6.54 Å². The van der Waals surface area contributed by atoms with Crippen molar-refractivity contribution in [3.8, 4) is 0 Å². The monoisotopic (exact) mass is 192 g/mol. The highest BCUT2D eigenvalue weighted by Crippen LogP contribution is 2.12. The van der Waals surface area contributed by atoms with E-state index in [1.54, 1.807) is 0 Å². The van der Waals surface area contributed by atoms with Gasteiger partial charge in [-0.15, -0.1) is 0 Å². The zero-order chi connectivity index (χ0) is 10.6. The summed E-state index contributed by atoms with van der Waals surface area (Å²) in [6, 6.07) is 7.93. The van der Waals surface area contributed by atoms with Crippen molar-refractivity contribution in [2.45, 2.75) is 19.9 Å². The number of hydrogen-bond acceptors (Lipinski definition) is 2. The van der Waals surface area contributed by atoms with Gasteiger partial charge in [-0.1, -0.05) is 29.8 Å². The second kappa shape index (κ2) is 4.77. The Bertz CT molecular complexity index is 306. The minimum absolute atomic E-state index is 0.0546. The predicted molar refractivity (Wildman–Crippen MR) is 56.8 cm³/mol. The van der Waals surface area contributed by atoms with E-state index >= 15 is 0 Å². The molecule has 0 fully saturated rings. The van der Waals surface area contributed by atoms with Gasteiger partial charge in [-0.05, 0) is 12.5 Å². The molecule has 0 aliphatic rings. The maximum atomic E-state index is 10.9. The standard InChI is InChI=1S/C11H16N2O/c1-8-3-5-10(6-4-8)11(7-12)13-9(2)14/h3-6,11H,7,12H2,1-2H3,(H,13,14). The zero-order valence-corrected chi connectivity index (χ0v) is 8.58. The molecule has 0 aliphatic heterocycles. The summed E-state index contributed by atoms with van der Waals surface area (Å²) in [7, 11) is 0. The van der Waals surface area contributed by atoms with Crippen molar-refractivity contribution in [1.82, 2.24) is 5.32 Å². The van der Waals surface area contributed by atoms with Gasteiger partial charge in [0.15, 0.2) is 0 Å². The number of rotatable bonds is 3. The Morgan fingerprint density at radius 1 is 1.43 bits per heavy atom. The van der Waals surface area contributed by atoms with Crippen LogP contribution in [0.1, 0.15) is 24.1 Å². The van der Waals surface area contributed by atoms with E-state index in [4.69, 9.17) is 5.73 Å². The third-order valence-corrected chi connectivity index (χ3v) is 2.09. The Morgan fingerprint density at radius 3 is 2.43 bits per heavy atom. The largest absolute Gasteiger partial charge is 0.348 e. The molecule has 1 amide bonds. The van der Waals surface area contributed by atoms with Crippen LogP contribution >= 0.6 is 0 Å². The molecule has 1 aromatic rings. The topological polar surface area (TPSA) is 55.1 Å². The van der Waals surface area contributed by atoms with Gasteiger partial charge in [0.2, 0.25) is 5.91 Å². The molecule has 0 radical (unpaired) electrons. The predicted octanol–water partition coefficient (Wildman–Crippen LogP) is 1.13. The second-order valence-electron chi connectivity index (χ2n) is 3.40. The summed E-state index contributed by atoms with van der Waals surface area (Å²) < 4.78 is 0. The summed E-state index contributed by atoms with van der Waals surface area (Å²) in [5.74, 6) is -0.0546. The molecule has 1 rings (SSSR count). The first-order chi connectivity index (χ1) is 6.63. The van der Waals surface area contributed by atoms with Crippen LogP contribution in [0.4, 0.5) is 0 Å². The second-order valence-corrected chi connectivity index (χ2v) is 3.40. The molecule has 1 unspecified atom stereocenters. The molecule has 1 atom stereocenters. The molecule has 0 heterocycles. The van der Waals surface area contributed by atoms with Gasteiger partial charge in [0.25, 0.3) is 0 Å². The number of amides is 1. The van der Waals surface area contributed by atoms with Crippen LogP contribution in [0.5, 0.6) is 0 Å². The van der Waals surface area contributed by atoms with Crippen LogP contribution < -0.4 is 11.1 Å². The highest BCUT2D eigenvalue weighted by Gasteiger charge is 2.09. The van der Waals surface area contributed by atoms with Gasteiger partial charge in [-0.3, -0.25) is 4.79 Å². The number of hydrogen-bond donors (Lipinski definition) is 2. The van der Waals surface area contributed by atoms with E-state index in [9.17, 15) is 4.79 Å². The smallest absolute Gasteiger partial charge is 0.217 e. The summed E-state index contributed by atoms with van der Waals surface area (Å²) in [4.78, 5) is 10.9. The van der Waals surface area contributed by atoms with E-state index in [0.717, 1.165) is 5.56 Å². The molecule has 3 nitrogen and oxygen atoms in total.